The van der Waals surface area contributed by atoms with E-state index in [1.807, 2.05) is 13.0 Å². The van der Waals surface area contributed by atoms with Gasteiger partial charge >= 0.3 is 0 Å². The van der Waals surface area contributed by atoms with Gasteiger partial charge in [-0.2, -0.15) is 0 Å². The molecule has 1 amide bonds. The van der Waals surface area contributed by atoms with Crippen molar-refractivity contribution in [2.75, 3.05) is 31.6 Å². The average molecular weight is 235 g/mol. The van der Waals surface area contributed by atoms with Crippen LogP contribution in [0, 0.1) is 0 Å². The summed E-state index contributed by atoms with van der Waals surface area (Å²) < 4.78 is 5.60. The second-order valence-corrected chi connectivity index (χ2v) is 4.51. The fraction of sp³-hybridized carbons (Fsp3) is 0.500. The molecule has 2 rings (SSSR count). The number of nitrogens with one attached hydrogen (secondary N) is 1. The molecular weight excluding hydrogens is 218 g/mol. The number of pyridine rings is 1. The minimum atomic E-state index is -0.189. The van der Waals surface area contributed by atoms with Crippen LogP contribution in [0.2, 0.25) is 0 Å². The molecule has 1 aromatic heterocycles. The van der Waals surface area contributed by atoms with E-state index in [0.717, 1.165) is 18.8 Å². The van der Waals surface area contributed by atoms with E-state index >= 15 is 0 Å². The number of carbonyl (C=O) groups excluding carboxylic acids is 1. The van der Waals surface area contributed by atoms with Gasteiger partial charge in [0.25, 0.3) is 5.91 Å². The maximum absolute atomic E-state index is 11.9. The van der Waals surface area contributed by atoms with Crippen LogP contribution in [0.5, 0.6) is 0 Å². The molecule has 0 atom stereocenters. The molecule has 5 heteroatoms. The molecule has 92 valence electrons. The highest BCUT2D eigenvalue weighted by Gasteiger charge is 2.33. The first-order valence-electron chi connectivity index (χ1n) is 5.62. The molecule has 0 unspecified atom stereocenters. The number of amides is 1. The van der Waals surface area contributed by atoms with Crippen LogP contribution in [0.15, 0.2) is 24.5 Å². The minimum Gasteiger partial charge on any atom is -0.363 e. The molecule has 1 N–H and O–H groups in total. The topological polar surface area (TPSA) is 54.5 Å². The molecule has 1 aliphatic heterocycles. The predicted octanol–water partition coefficient (Wildman–Crippen LogP) is 0.423. The number of nitrogens with zero attached hydrogens (tertiary/aromatic N) is 2. The summed E-state index contributed by atoms with van der Waals surface area (Å²) in [6, 6.07) is 3.65. The molecule has 0 bridgehead atoms. The molecule has 1 saturated heterocycles. The lowest BCUT2D eigenvalue weighted by molar-refractivity contribution is -0.133. The van der Waals surface area contributed by atoms with Gasteiger partial charge in [-0.15, -0.1) is 0 Å². The van der Waals surface area contributed by atoms with Crippen molar-refractivity contribution in [3.05, 3.63) is 24.5 Å². The van der Waals surface area contributed by atoms with Crippen LogP contribution in [0.3, 0.4) is 0 Å². The fourth-order valence-electron chi connectivity index (χ4n) is 1.61. The van der Waals surface area contributed by atoms with Crippen molar-refractivity contribution in [1.29, 1.82) is 0 Å². The van der Waals surface area contributed by atoms with Gasteiger partial charge in [0.2, 0.25) is 0 Å². The molecule has 2 heterocycles. The number of rotatable bonds is 4. The zero-order valence-corrected chi connectivity index (χ0v) is 10.1. The average Bonchev–Trinajstić information content (AvgIpc) is 2.33. The SMILES string of the molecule is CN(C(=O)COC1(C)CNC1)c1cccnc1. The van der Waals surface area contributed by atoms with E-state index in [4.69, 9.17) is 4.74 Å². The molecular formula is C12H17N3O2. The van der Waals surface area contributed by atoms with Crippen molar-refractivity contribution >= 4 is 11.6 Å². The predicted molar refractivity (Wildman–Crippen MR) is 64.9 cm³/mol. The van der Waals surface area contributed by atoms with Gasteiger partial charge < -0.3 is 15.0 Å². The van der Waals surface area contributed by atoms with Crippen LogP contribution in [0.1, 0.15) is 6.92 Å². The quantitative estimate of drug-likeness (QED) is 0.822. The van der Waals surface area contributed by atoms with Crippen LogP contribution in [-0.4, -0.2) is 43.2 Å². The van der Waals surface area contributed by atoms with E-state index in [1.54, 1.807) is 30.4 Å². The molecule has 1 aliphatic rings. The number of hydrogen-bond acceptors (Lipinski definition) is 4. The first-order chi connectivity index (χ1) is 8.11. The number of anilines is 1. The summed E-state index contributed by atoms with van der Waals surface area (Å²) in [6.07, 6.45) is 3.34. The highest BCUT2D eigenvalue weighted by molar-refractivity contribution is 5.93. The highest BCUT2D eigenvalue weighted by Crippen LogP contribution is 2.16. The number of ether oxygens (including phenoxy) is 1. The van der Waals surface area contributed by atoms with Gasteiger partial charge in [-0.05, 0) is 19.1 Å². The monoisotopic (exact) mass is 235 g/mol. The second-order valence-electron chi connectivity index (χ2n) is 4.51. The summed E-state index contributed by atoms with van der Waals surface area (Å²) in [4.78, 5) is 17.4. The Morgan fingerprint density at radius 3 is 2.94 bits per heavy atom. The van der Waals surface area contributed by atoms with Crippen molar-refractivity contribution in [2.45, 2.75) is 12.5 Å². The van der Waals surface area contributed by atoms with Gasteiger partial charge in [0.1, 0.15) is 6.61 Å². The van der Waals surface area contributed by atoms with Crippen LogP contribution in [-0.2, 0) is 9.53 Å². The molecule has 17 heavy (non-hydrogen) atoms. The Hall–Kier alpha value is -1.46. The number of likely N-dealkylation sites (N-methyl/N-ethyl adjacent to an activating group) is 1. The van der Waals surface area contributed by atoms with Crippen LogP contribution in [0.25, 0.3) is 0 Å². The van der Waals surface area contributed by atoms with Crippen molar-refractivity contribution in [3.63, 3.8) is 0 Å². The lowest BCUT2D eigenvalue weighted by Crippen LogP contribution is -2.59. The highest BCUT2D eigenvalue weighted by atomic mass is 16.5. The number of hydrogen-bond donors (Lipinski definition) is 1. The van der Waals surface area contributed by atoms with Crippen LogP contribution >= 0.6 is 0 Å². The Morgan fingerprint density at radius 2 is 2.41 bits per heavy atom. The van der Waals surface area contributed by atoms with Crippen LogP contribution < -0.4 is 10.2 Å². The van der Waals surface area contributed by atoms with Gasteiger partial charge in [-0.25, -0.2) is 0 Å². The summed E-state index contributed by atoms with van der Waals surface area (Å²) in [5.74, 6) is -0.0638. The summed E-state index contributed by atoms with van der Waals surface area (Å²) in [5, 5.41) is 3.13. The largest absolute Gasteiger partial charge is 0.363 e. The van der Waals surface area contributed by atoms with E-state index in [9.17, 15) is 4.79 Å². The lowest BCUT2D eigenvalue weighted by Gasteiger charge is -2.39. The molecule has 1 aromatic rings. The molecule has 0 aliphatic carbocycles. The second kappa shape index (κ2) is 4.81. The zero-order valence-electron chi connectivity index (χ0n) is 10.1. The first-order valence-corrected chi connectivity index (χ1v) is 5.62. The maximum Gasteiger partial charge on any atom is 0.252 e. The zero-order chi connectivity index (χ0) is 12.3. The summed E-state index contributed by atoms with van der Waals surface area (Å²) in [6.45, 7) is 3.71. The van der Waals surface area contributed by atoms with E-state index < -0.39 is 0 Å². The van der Waals surface area contributed by atoms with Crippen molar-refractivity contribution in [1.82, 2.24) is 10.3 Å². The Kier molecular flexibility index (Phi) is 3.40. The molecule has 1 fully saturated rings. The van der Waals surface area contributed by atoms with Gasteiger partial charge in [0.15, 0.2) is 0 Å². The van der Waals surface area contributed by atoms with E-state index in [1.165, 1.54) is 0 Å². The van der Waals surface area contributed by atoms with Crippen molar-refractivity contribution in [3.8, 4) is 0 Å². The Morgan fingerprint density at radius 1 is 1.65 bits per heavy atom. The van der Waals surface area contributed by atoms with Gasteiger partial charge in [0.05, 0.1) is 17.5 Å². The first kappa shape index (κ1) is 12.0. The van der Waals surface area contributed by atoms with Crippen molar-refractivity contribution in [2.24, 2.45) is 0 Å². The molecule has 0 radical (unpaired) electrons. The Balaban J connectivity index is 1.87. The molecule has 5 nitrogen and oxygen atoms in total. The van der Waals surface area contributed by atoms with Gasteiger partial charge in [0, 0.05) is 26.3 Å². The van der Waals surface area contributed by atoms with Crippen molar-refractivity contribution < 1.29 is 9.53 Å². The molecule has 0 spiro atoms. The normalized spacial score (nSPS) is 17.3. The minimum absolute atomic E-state index is 0.0638. The number of carbonyl (C=O) groups is 1. The Bertz CT molecular complexity index is 390. The third-order valence-corrected chi connectivity index (χ3v) is 2.95. The standard InChI is InChI=1S/C12H17N3O2/c1-12(8-14-9-12)17-7-11(16)15(2)10-4-3-5-13-6-10/h3-6,14H,7-9H2,1-2H3. The van der Waals surface area contributed by atoms with Gasteiger partial charge in [-0.1, -0.05) is 0 Å². The van der Waals surface area contributed by atoms with Gasteiger partial charge in [-0.3, -0.25) is 9.78 Å². The van der Waals surface area contributed by atoms with E-state index in [2.05, 4.69) is 10.3 Å². The summed E-state index contributed by atoms with van der Waals surface area (Å²) >= 11 is 0. The smallest absolute Gasteiger partial charge is 0.252 e. The molecule has 0 saturated carbocycles. The maximum atomic E-state index is 11.9. The van der Waals surface area contributed by atoms with E-state index in [-0.39, 0.29) is 18.1 Å². The summed E-state index contributed by atoms with van der Waals surface area (Å²) in [5.41, 5.74) is 0.587. The number of aromatic nitrogens is 1. The van der Waals surface area contributed by atoms with Crippen LogP contribution in [0.4, 0.5) is 5.69 Å². The lowest BCUT2D eigenvalue weighted by atomic mass is 10.0. The van der Waals surface area contributed by atoms with E-state index in [0.29, 0.717) is 0 Å². The third kappa shape index (κ3) is 2.81. The molecule has 0 aromatic carbocycles. The fourth-order valence-corrected chi connectivity index (χ4v) is 1.61. The Labute approximate surface area is 101 Å². The third-order valence-electron chi connectivity index (χ3n) is 2.95. The summed E-state index contributed by atoms with van der Waals surface area (Å²) in [7, 11) is 1.73.